The van der Waals surface area contributed by atoms with E-state index in [1.165, 1.54) is 16.7 Å². The molecule has 4 aromatic rings. The second-order valence-electron chi connectivity index (χ2n) is 8.14. The summed E-state index contributed by atoms with van der Waals surface area (Å²) >= 11 is 0. The molecule has 0 aliphatic carbocycles. The van der Waals surface area contributed by atoms with Crippen LogP contribution >= 0.6 is 0 Å². The lowest BCUT2D eigenvalue weighted by molar-refractivity contribution is 0.991. The SMILES string of the molecule is Cc1ccc(/C=C/c2nc(/C=C/c3ccc(C)cc3)nc(/C=C/c3ccc(C)cc3)n2)cc1. The largest absolute Gasteiger partial charge is 0.209 e. The van der Waals surface area contributed by atoms with Crippen molar-refractivity contribution in [1.29, 1.82) is 0 Å². The predicted molar refractivity (Wildman–Crippen MR) is 140 cm³/mol. The van der Waals surface area contributed by atoms with Crippen molar-refractivity contribution in [2.75, 3.05) is 0 Å². The van der Waals surface area contributed by atoms with Crippen LogP contribution in [-0.4, -0.2) is 15.0 Å². The minimum atomic E-state index is 0.623. The first-order valence-electron chi connectivity index (χ1n) is 11.0. The molecular weight excluding hydrogens is 402 g/mol. The van der Waals surface area contributed by atoms with Crippen LogP contribution in [0.2, 0.25) is 0 Å². The van der Waals surface area contributed by atoms with Gasteiger partial charge in [0.1, 0.15) is 0 Å². The quantitative estimate of drug-likeness (QED) is 0.322. The lowest BCUT2D eigenvalue weighted by Gasteiger charge is -2.01. The highest BCUT2D eigenvalue weighted by atomic mass is 15.0. The third-order valence-corrected chi connectivity index (χ3v) is 5.19. The fourth-order valence-electron chi connectivity index (χ4n) is 3.20. The highest BCUT2D eigenvalue weighted by molar-refractivity contribution is 5.71. The molecule has 0 amide bonds. The molecule has 0 aliphatic heterocycles. The fraction of sp³-hybridized carbons (Fsp3) is 0.100. The molecule has 0 atom stereocenters. The van der Waals surface area contributed by atoms with Crippen molar-refractivity contribution in [3.63, 3.8) is 0 Å². The molecule has 1 aromatic heterocycles. The van der Waals surface area contributed by atoms with E-state index in [0.29, 0.717) is 17.5 Å². The van der Waals surface area contributed by atoms with Crippen LogP contribution in [0, 0.1) is 20.8 Å². The molecule has 1 heterocycles. The van der Waals surface area contributed by atoms with Crippen LogP contribution < -0.4 is 0 Å². The van der Waals surface area contributed by atoms with E-state index in [1.54, 1.807) is 0 Å². The molecule has 0 saturated carbocycles. The Morgan fingerprint density at radius 3 is 0.848 bits per heavy atom. The lowest BCUT2D eigenvalue weighted by atomic mass is 10.1. The molecule has 0 bridgehead atoms. The average Bonchev–Trinajstić information content (AvgIpc) is 2.83. The van der Waals surface area contributed by atoms with E-state index in [-0.39, 0.29) is 0 Å². The van der Waals surface area contributed by atoms with Crippen LogP contribution in [0.15, 0.2) is 72.8 Å². The second-order valence-corrected chi connectivity index (χ2v) is 8.14. The second kappa shape index (κ2) is 10.5. The smallest absolute Gasteiger partial charge is 0.156 e. The molecule has 162 valence electrons. The van der Waals surface area contributed by atoms with E-state index in [2.05, 4.69) is 109 Å². The van der Waals surface area contributed by atoms with E-state index in [1.807, 2.05) is 36.5 Å². The van der Waals surface area contributed by atoms with Crippen molar-refractivity contribution < 1.29 is 0 Å². The van der Waals surface area contributed by atoms with Gasteiger partial charge in [0.25, 0.3) is 0 Å². The molecule has 0 spiro atoms. The summed E-state index contributed by atoms with van der Waals surface area (Å²) in [4.78, 5) is 13.9. The van der Waals surface area contributed by atoms with Gasteiger partial charge in [-0.25, -0.2) is 15.0 Å². The molecular formula is C30H27N3. The molecule has 0 N–H and O–H groups in total. The van der Waals surface area contributed by atoms with Crippen molar-refractivity contribution in [2.24, 2.45) is 0 Å². The number of aryl methyl sites for hydroxylation is 3. The van der Waals surface area contributed by atoms with Gasteiger partial charge < -0.3 is 0 Å². The van der Waals surface area contributed by atoms with E-state index in [4.69, 9.17) is 0 Å². The van der Waals surface area contributed by atoms with Crippen LogP contribution in [-0.2, 0) is 0 Å². The van der Waals surface area contributed by atoms with Crippen LogP contribution in [0.1, 0.15) is 50.9 Å². The van der Waals surface area contributed by atoms with E-state index in [9.17, 15) is 0 Å². The molecule has 0 fully saturated rings. The summed E-state index contributed by atoms with van der Waals surface area (Å²) in [5.74, 6) is 1.87. The maximum Gasteiger partial charge on any atom is 0.156 e. The van der Waals surface area contributed by atoms with Crippen molar-refractivity contribution in [1.82, 2.24) is 15.0 Å². The minimum Gasteiger partial charge on any atom is -0.209 e. The van der Waals surface area contributed by atoms with Crippen LogP contribution in [0.5, 0.6) is 0 Å². The van der Waals surface area contributed by atoms with Gasteiger partial charge in [0.15, 0.2) is 17.5 Å². The number of hydrogen-bond donors (Lipinski definition) is 0. The summed E-state index contributed by atoms with van der Waals surface area (Å²) < 4.78 is 0. The molecule has 33 heavy (non-hydrogen) atoms. The Hall–Kier alpha value is -4.11. The number of benzene rings is 3. The van der Waals surface area contributed by atoms with Gasteiger partial charge in [0.2, 0.25) is 0 Å². The van der Waals surface area contributed by atoms with E-state index >= 15 is 0 Å². The van der Waals surface area contributed by atoms with Crippen molar-refractivity contribution >= 4 is 36.5 Å². The highest BCUT2D eigenvalue weighted by Crippen LogP contribution is 2.12. The van der Waals surface area contributed by atoms with Crippen LogP contribution in [0.4, 0.5) is 0 Å². The summed E-state index contributed by atoms with van der Waals surface area (Å²) in [5.41, 5.74) is 7.02. The molecule has 3 nitrogen and oxygen atoms in total. The monoisotopic (exact) mass is 429 g/mol. The number of nitrogens with zero attached hydrogens (tertiary/aromatic N) is 3. The first-order valence-corrected chi connectivity index (χ1v) is 11.0. The Morgan fingerprint density at radius 2 is 0.606 bits per heavy atom. The van der Waals surface area contributed by atoms with Gasteiger partial charge in [-0.2, -0.15) is 0 Å². The van der Waals surface area contributed by atoms with Crippen molar-refractivity contribution in [3.05, 3.63) is 124 Å². The molecule has 0 unspecified atom stereocenters. The lowest BCUT2D eigenvalue weighted by Crippen LogP contribution is -1.99. The fourth-order valence-corrected chi connectivity index (χ4v) is 3.20. The summed E-state index contributed by atoms with van der Waals surface area (Å²) in [6.45, 7) is 6.25. The summed E-state index contributed by atoms with van der Waals surface area (Å²) in [6.07, 6.45) is 11.9. The van der Waals surface area contributed by atoms with Crippen LogP contribution in [0.3, 0.4) is 0 Å². The van der Waals surface area contributed by atoms with Crippen molar-refractivity contribution in [2.45, 2.75) is 20.8 Å². The van der Waals surface area contributed by atoms with E-state index < -0.39 is 0 Å². The van der Waals surface area contributed by atoms with Gasteiger partial charge in [-0.05, 0) is 55.7 Å². The zero-order valence-corrected chi connectivity index (χ0v) is 19.2. The Labute approximate surface area is 195 Å². The van der Waals surface area contributed by atoms with Gasteiger partial charge in [0.05, 0.1) is 0 Å². The average molecular weight is 430 g/mol. The summed E-state index contributed by atoms with van der Waals surface area (Å²) in [6, 6.07) is 25.1. The topological polar surface area (TPSA) is 38.7 Å². The van der Waals surface area contributed by atoms with Gasteiger partial charge >= 0.3 is 0 Å². The Morgan fingerprint density at radius 1 is 0.364 bits per heavy atom. The molecule has 3 aromatic carbocycles. The molecule has 3 heteroatoms. The van der Waals surface area contributed by atoms with Gasteiger partial charge in [-0.3, -0.25) is 0 Å². The van der Waals surface area contributed by atoms with E-state index in [0.717, 1.165) is 16.7 Å². The number of aromatic nitrogens is 3. The minimum absolute atomic E-state index is 0.623. The molecule has 0 aliphatic rings. The molecule has 4 rings (SSSR count). The standard InChI is InChI=1S/C30H27N3/c1-22-4-10-25(11-5-22)16-19-28-31-29(20-17-26-12-6-23(2)7-13-26)33-30(32-28)21-18-27-14-8-24(3)9-15-27/h4-21H,1-3H3/b19-16+,20-17+,21-18+. The normalized spacial score (nSPS) is 11.7. The first kappa shape index (κ1) is 22.1. The van der Waals surface area contributed by atoms with Crippen molar-refractivity contribution in [3.8, 4) is 0 Å². The van der Waals surface area contributed by atoms with Gasteiger partial charge in [-0.1, -0.05) is 108 Å². The zero-order valence-electron chi connectivity index (χ0n) is 19.2. The molecule has 0 radical (unpaired) electrons. The Bertz CT molecular complexity index is 1120. The first-order chi connectivity index (χ1) is 16.0. The maximum atomic E-state index is 4.64. The third kappa shape index (κ3) is 6.68. The predicted octanol–water partition coefficient (Wildman–Crippen LogP) is 7.31. The number of hydrogen-bond acceptors (Lipinski definition) is 3. The highest BCUT2D eigenvalue weighted by Gasteiger charge is 2.01. The summed E-state index contributed by atoms with van der Waals surface area (Å²) in [5, 5.41) is 0. The van der Waals surface area contributed by atoms with Gasteiger partial charge in [-0.15, -0.1) is 0 Å². The van der Waals surface area contributed by atoms with Crippen LogP contribution in [0.25, 0.3) is 36.5 Å². The summed E-state index contributed by atoms with van der Waals surface area (Å²) in [7, 11) is 0. The molecule has 0 saturated heterocycles. The van der Waals surface area contributed by atoms with Gasteiger partial charge in [0, 0.05) is 0 Å². The maximum absolute atomic E-state index is 4.64. The zero-order chi connectivity index (χ0) is 23.0. The number of rotatable bonds is 6. The Balaban J connectivity index is 1.64. The third-order valence-electron chi connectivity index (χ3n) is 5.19. The Kier molecular flexibility index (Phi) is 7.01.